The molecule has 0 radical (unpaired) electrons. The number of nitrogens with one attached hydrogen (secondary N) is 1. The van der Waals surface area contributed by atoms with E-state index in [1.807, 2.05) is 19.2 Å². The van der Waals surface area contributed by atoms with Crippen LogP contribution in [0.2, 0.25) is 0 Å². The van der Waals surface area contributed by atoms with Gasteiger partial charge in [0.2, 0.25) is 5.75 Å². The van der Waals surface area contributed by atoms with Crippen molar-refractivity contribution in [1.82, 2.24) is 15.1 Å². The molecule has 1 N–H and O–H groups in total. The van der Waals surface area contributed by atoms with Crippen molar-refractivity contribution in [3.05, 3.63) is 17.7 Å². The van der Waals surface area contributed by atoms with Crippen LogP contribution in [0.25, 0.3) is 0 Å². The molecule has 2 rings (SSSR count). The quantitative estimate of drug-likeness (QED) is 0.384. The van der Waals surface area contributed by atoms with Gasteiger partial charge in [0, 0.05) is 46.3 Å². The van der Waals surface area contributed by atoms with Crippen LogP contribution in [0.15, 0.2) is 17.1 Å². The summed E-state index contributed by atoms with van der Waals surface area (Å²) < 4.78 is 16.3. The second kappa shape index (κ2) is 11.3. The highest BCUT2D eigenvalue weighted by atomic mass is 127. The number of hydrogen-bond acceptors (Lipinski definition) is 5. The Morgan fingerprint density at radius 1 is 1.04 bits per heavy atom. The molecule has 1 heterocycles. The van der Waals surface area contributed by atoms with Gasteiger partial charge in [-0.3, -0.25) is 9.89 Å². The van der Waals surface area contributed by atoms with Crippen molar-refractivity contribution >= 4 is 29.9 Å². The number of guanidine groups is 1. The molecule has 0 spiro atoms. The lowest BCUT2D eigenvalue weighted by molar-refractivity contribution is 0.172. The fourth-order valence-electron chi connectivity index (χ4n) is 3.09. The van der Waals surface area contributed by atoms with E-state index in [0.717, 1.165) is 50.8 Å². The lowest BCUT2D eigenvalue weighted by Crippen LogP contribution is -2.52. The van der Waals surface area contributed by atoms with E-state index in [1.165, 1.54) is 0 Å². The minimum Gasteiger partial charge on any atom is -0.493 e. The maximum absolute atomic E-state index is 5.44. The molecule has 1 fully saturated rings. The normalized spacial score (nSPS) is 15.3. The van der Waals surface area contributed by atoms with E-state index in [9.17, 15) is 0 Å². The summed E-state index contributed by atoms with van der Waals surface area (Å²) in [6.45, 7) is 7.73. The van der Waals surface area contributed by atoms with Crippen molar-refractivity contribution in [2.45, 2.75) is 13.5 Å². The van der Waals surface area contributed by atoms with E-state index in [2.05, 4.69) is 27.0 Å². The van der Waals surface area contributed by atoms with Gasteiger partial charge in [-0.1, -0.05) is 0 Å². The molecule has 0 bridgehead atoms. The van der Waals surface area contributed by atoms with Crippen LogP contribution in [0.5, 0.6) is 17.2 Å². The maximum Gasteiger partial charge on any atom is 0.203 e. The van der Waals surface area contributed by atoms with Crippen molar-refractivity contribution in [3.63, 3.8) is 0 Å². The van der Waals surface area contributed by atoms with Crippen LogP contribution in [0, 0.1) is 0 Å². The molecular weight excluding hydrogens is 447 g/mol. The Morgan fingerprint density at radius 3 is 2.04 bits per heavy atom. The van der Waals surface area contributed by atoms with Gasteiger partial charge >= 0.3 is 0 Å². The van der Waals surface area contributed by atoms with Crippen LogP contribution in [-0.2, 0) is 6.54 Å². The highest BCUT2D eigenvalue weighted by molar-refractivity contribution is 14.0. The van der Waals surface area contributed by atoms with E-state index in [-0.39, 0.29) is 24.0 Å². The number of hydrogen-bond donors (Lipinski definition) is 1. The monoisotopic (exact) mass is 478 g/mol. The first-order valence-electron chi connectivity index (χ1n) is 8.63. The van der Waals surface area contributed by atoms with Crippen LogP contribution in [0.4, 0.5) is 0 Å². The first-order chi connectivity index (χ1) is 12.2. The molecule has 0 aromatic heterocycles. The number of halogens is 1. The lowest BCUT2D eigenvalue weighted by Gasteiger charge is -2.36. The zero-order valence-electron chi connectivity index (χ0n) is 16.4. The molecule has 1 aliphatic rings. The third kappa shape index (κ3) is 5.54. The first-order valence-corrected chi connectivity index (χ1v) is 8.63. The summed E-state index contributed by atoms with van der Waals surface area (Å²) in [7, 11) is 6.75. The maximum atomic E-state index is 5.44. The van der Waals surface area contributed by atoms with E-state index in [1.54, 1.807) is 21.3 Å². The van der Waals surface area contributed by atoms with Crippen molar-refractivity contribution in [2.24, 2.45) is 4.99 Å². The number of methoxy groups -OCH3 is 3. The second-order valence-corrected chi connectivity index (χ2v) is 5.87. The van der Waals surface area contributed by atoms with E-state index < -0.39 is 0 Å². The molecular formula is C18H31IN4O3. The van der Waals surface area contributed by atoms with E-state index in [0.29, 0.717) is 17.2 Å². The largest absolute Gasteiger partial charge is 0.493 e. The van der Waals surface area contributed by atoms with Crippen molar-refractivity contribution in [3.8, 4) is 17.2 Å². The lowest BCUT2D eigenvalue weighted by atomic mass is 10.1. The van der Waals surface area contributed by atoms with Gasteiger partial charge in [-0.15, -0.1) is 24.0 Å². The topological polar surface area (TPSA) is 58.6 Å². The molecule has 0 amide bonds. The number of rotatable bonds is 6. The van der Waals surface area contributed by atoms with Crippen molar-refractivity contribution in [1.29, 1.82) is 0 Å². The summed E-state index contributed by atoms with van der Waals surface area (Å²) >= 11 is 0. The SMILES string of the molecule is CCNC(=NC)N1CCN(Cc2cc(OC)c(OC)c(OC)c2)CC1.I. The first kappa shape index (κ1) is 22.6. The average Bonchev–Trinajstić information content (AvgIpc) is 2.66. The fraction of sp³-hybridized carbons (Fsp3) is 0.611. The molecule has 26 heavy (non-hydrogen) atoms. The number of benzene rings is 1. The highest BCUT2D eigenvalue weighted by Crippen LogP contribution is 2.38. The third-order valence-corrected chi connectivity index (χ3v) is 4.35. The van der Waals surface area contributed by atoms with Crippen molar-refractivity contribution < 1.29 is 14.2 Å². The van der Waals surface area contributed by atoms with Crippen LogP contribution in [-0.4, -0.2) is 76.9 Å². The minimum atomic E-state index is 0. The molecule has 1 aliphatic heterocycles. The Kier molecular flexibility index (Phi) is 9.85. The summed E-state index contributed by atoms with van der Waals surface area (Å²) in [5.74, 6) is 3.01. The van der Waals surface area contributed by atoms with Crippen molar-refractivity contribution in [2.75, 3.05) is 61.1 Å². The molecule has 148 valence electrons. The Morgan fingerprint density at radius 2 is 1.62 bits per heavy atom. The van der Waals surface area contributed by atoms with Gasteiger partial charge in [-0.05, 0) is 24.6 Å². The summed E-state index contributed by atoms with van der Waals surface area (Å²) in [4.78, 5) is 9.07. The van der Waals surface area contributed by atoms with Gasteiger partial charge in [0.05, 0.1) is 21.3 Å². The van der Waals surface area contributed by atoms with E-state index >= 15 is 0 Å². The van der Waals surface area contributed by atoms with Gasteiger partial charge in [-0.25, -0.2) is 0 Å². The number of piperazine rings is 1. The predicted molar refractivity (Wildman–Crippen MR) is 115 cm³/mol. The Hall–Kier alpha value is -1.42. The summed E-state index contributed by atoms with van der Waals surface area (Å²) in [6.07, 6.45) is 0. The zero-order valence-corrected chi connectivity index (χ0v) is 18.7. The second-order valence-electron chi connectivity index (χ2n) is 5.87. The van der Waals surface area contributed by atoms with Crippen LogP contribution >= 0.6 is 24.0 Å². The van der Waals surface area contributed by atoms with Gasteiger partial charge < -0.3 is 24.4 Å². The van der Waals surface area contributed by atoms with Crippen LogP contribution < -0.4 is 19.5 Å². The summed E-state index contributed by atoms with van der Waals surface area (Å²) in [5.41, 5.74) is 1.15. The van der Waals surface area contributed by atoms with Crippen LogP contribution in [0.3, 0.4) is 0 Å². The smallest absolute Gasteiger partial charge is 0.203 e. The molecule has 7 nitrogen and oxygen atoms in total. The standard InChI is InChI=1S/C18H30N4O3.HI/c1-6-20-18(19-2)22-9-7-21(8-10-22)13-14-11-15(23-3)17(25-5)16(12-14)24-4;/h11-12H,6-10,13H2,1-5H3,(H,19,20);1H. The van der Waals surface area contributed by atoms with Gasteiger partial charge in [0.25, 0.3) is 0 Å². The molecule has 0 atom stereocenters. The summed E-state index contributed by atoms with van der Waals surface area (Å²) in [5, 5.41) is 3.32. The van der Waals surface area contributed by atoms with Crippen LogP contribution in [0.1, 0.15) is 12.5 Å². The average molecular weight is 478 g/mol. The van der Waals surface area contributed by atoms with Gasteiger partial charge in [-0.2, -0.15) is 0 Å². The van der Waals surface area contributed by atoms with Gasteiger partial charge in [0.15, 0.2) is 17.5 Å². The Balaban J connectivity index is 0.00000338. The number of aliphatic imine (C=N–C) groups is 1. The molecule has 0 aliphatic carbocycles. The molecule has 1 aromatic rings. The molecule has 1 saturated heterocycles. The fourth-order valence-corrected chi connectivity index (χ4v) is 3.09. The molecule has 8 heteroatoms. The molecule has 1 aromatic carbocycles. The van der Waals surface area contributed by atoms with E-state index in [4.69, 9.17) is 14.2 Å². The molecule has 0 saturated carbocycles. The zero-order chi connectivity index (χ0) is 18.2. The molecule has 0 unspecified atom stereocenters. The third-order valence-electron chi connectivity index (χ3n) is 4.35. The Labute approximate surface area is 173 Å². The minimum absolute atomic E-state index is 0. The summed E-state index contributed by atoms with van der Waals surface area (Å²) in [6, 6.07) is 4.04. The number of ether oxygens (including phenoxy) is 3. The van der Waals surface area contributed by atoms with Gasteiger partial charge in [0.1, 0.15) is 0 Å². The number of nitrogens with zero attached hydrogens (tertiary/aromatic N) is 3. The Bertz CT molecular complexity index is 565. The highest BCUT2D eigenvalue weighted by Gasteiger charge is 2.20. The predicted octanol–water partition coefficient (Wildman–Crippen LogP) is 2.04.